The molecule has 0 spiro atoms. The number of amides is 2. The van der Waals surface area contributed by atoms with Gasteiger partial charge in [0, 0.05) is 39.0 Å². The highest BCUT2D eigenvalue weighted by Gasteiger charge is 2.54. The predicted molar refractivity (Wildman–Crippen MR) is 358 cm³/mol. The summed E-state index contributed by atoms with van der Waals surface area (Å²) in [5.74, 6) is -2.01. The Bertz CT molecular complexity index is 2170. The van der Waals surface area contributed by atoms with E-state index in [4.69, 9.17) is 46.9 Å². The number of ether oxygens (including phenoxy) is 8. The van der Waals surface area contributed by atoms with E-state index in [1.807, 2.05) is 6.08 Å². The van der Waals surface area contributed by atoms with Crippen molar-refractivity contribution in [3.05, 3.63) is 24.3 Å². The predicted octanol–water partition coefficient (Wildman–Crippen LogP) is 6.90. The minimum absolute atomic E-state index is 0.00467. The first-order valence-electron chi connectivity index (χ1n) is 36.2. The van der Waals surface area contributed by atoms with Crippen molar-refractivity contribution >= 4 is 31.3 Å². The van der Waals surface area contributed by atoms with Crippen LogP contribution in [0.2, 0.25) is 0 Å². The number of carbonyl (C=O) groups is 4. The van der Waals surface area contributed by atoms with Crippen LogP contribution in [-0.2, 0) is 70.7 Å². The van der Waals surface area contributed by atoms with Crippen molar-refractivity contribution in [1.82, 2.24) is 10.6 Å². The maximum atomic E-state index is 13.6. The van der Waals surface area contributed by atoms with Gasteiger partial charge < -0.3 is 104 Å². The molecule has 3 rings (SSSR count). The average molecular weight is 1400 g/mol. The summed E-state index contributed by atoms with van der Waals surface area (Å²) in [7, 11) is -3.77. The molecule has 3 saturated heterocycles. The second kappa shape index (κ2) is 52.0. The summed E-state index contributed by atoms with van der Waals surface area (Å²) in [5.41, 5.74) is 0. The SMILES string of the molecule is CCCCCCCC/C=C\CCCCCCCC(=O)O[C@H](COC(=O)C(/C=C/CCCCCCCC)CCCCCC)COP(C)(=O)OCCNC(=O)CCCCC(=O)NCCCO[C@@H]1OC(CO)[C@H](O)[C@H](OC2OC(CO)[C@H](O)[C@H](O)C2O)C1O[C@@H]1OC(C)[C@@H](O)[C@H](O)C1O. The smallest absolute Gasteiger partial charge is 0.327 e. The number of allylic oxidation sites excluding steroid dienone is 3. The number of aliphatic hydroxyl groups is 9. The van der Waals surface area contributed by atoms with Crippen molar-refractivity contribution in [2.75, 3.05) is 59.4 Å². The summed E-state index contributed by atoms with van der Waals surface area (Å²) < 4.78 is 71.2. The lowest BCUT2D eigenvalue weighted by Crippen LogP contribution is -2.67. The van der Waals surface area contributed by atoms with E-state index in [2.05, 4.69) is 49.6 Å². The molecule has 3 fully saturated rings. The normalized spacial score (nSPS) is 27.5. The van der Waals surface area contributed by atoms with Crippen LogP contribution in [0.15, 0.2) is 24.3 Å². The summed E-state index contributed by atoms with van der Waals surface area (Å²) in [6, 6.07) is 0. The highest BCUT2D eigenvalue weighted by atomic mass is 31.2. The fourth-order valence-corrected chi connectivity index (χ4v) is 12.3. The van der Waals surface area contributed by atoms with Crippen LogP contribution >= 0.6 is 7.60 Å². The van der Waals surface area contributed by atoms with Gasteiger partial charge in [0.1, 0.15) is 73.8 Å². The molecule has 96 heavy (non-hydrogen) atoms. The van der Waals surface area contributed by atoms with E-state index >= 15 is 0 Å². The van der Waals surface area contributed by atoms with Crippen LogP contribution in [0.4, 0.5) is 0 Å². The molecule has 11 N–H and O–H groups in total. The molecular weight excluding hydrogens is 1270 g/mol. The van der Waals surface area contributed by atoms with Gasteiger partial charge >= 0.3 is 19.5 Å². The maximum absolute atomic E-state index is 13.6. The number of rotatable bonds is 55. The Morgan fingerprint density at radius 3 is 1.58 bits per heavy atom. The van der Waals surface area contributed by atoms with Crippen molar-refractivity contribution in [3.8, 4) is 0 Å². The van der Waals surface area contributed by atoms with Crippen molar-refractivity contribution in [2.24, 2.45) is 5.92 Å². The minimum Gasteiger partial charge on any atom is -0.461 e. The van der Waals surface area contributed by atoms with Crippen molar-refractivity contribution in [1.29, 1.82) is 0 Å². The van der Waals surface area contributed by atoms with Crippen LogP contribution < -0.4 is 10.6 Å². The van der Waals surface area contributed by atoms with Gasteiger partial charge in [-0.05, 0) is 77.6 Å². The van der Waals surface area contributed by atoms with Gasteiger partial charge in [-0.2, -0.15) is 0 Å². The van der Waals surface area contributed by atoms with E-state index in [1.165, 1.54) is 77.8 Å². The Morgan fingerprint density at radius 1 is 0.500 bits per heavy atom. The molecule has 2 amide bonds. The highest BCUT2D eigenvalue weighted by molar-refractivity contribution is 7.52. The first-order chi connectivity index (χ1) is 46.2. The number of nitrogens with one attached hydrogen (secondary N) is 2. The van der Waals surface area contributed by atoms with E-state index in [0.29, 0.717) is 25.7 Å². The van der Waals surface area contributed by atoms with Crippen molar-refractivity contribution < 1.29 is 117 Å². The van der Waals surface area contributed by atoms with Gasteiger partial charge in [-0.1, -0.05) is 154 Å². The number of unbranched alkanes of at least 4 members (excludes halogenated alkanes) is 21. The molecule has 26 nitrogen and oxygen atoms in total. The molecule has 0 saturated carbocycles. The van der Waals surface area contributed by atoms with E-state index in [-0.39, 0.29) is 77.0 Å². The number of aliphatic hydroxyl groups excluding tert-OH is 9. The monoisotopic (exact) mass is 1400 g/mol. The van der Waals surface area contributed by atoms with Gasteiger partial charge in [0.05, 0.1) is 45.1 Å². The lowest BCUT2D eigenvalue weighted by Gasteiger charge is -2.48. The van der Waals surface area contributed by atoms with Gasteiger partial charge in [0.2, 0.25) is 11.8 Å². The molecule has 0 aromatic rings. The molecular formula is C69H125N2O24P. The second-order valence-electron chi connectivity index (χ2n) is 25.8. The van der Waals surface area contributed by atoms with E-state index in [1.54, 1.807) is 0 Å². The highest BCUT2D eigenvalue weighted by Crippen LogP contribution is 2.44. The Morgan fingerprint density at radius 2 is 0.990 bits per heavy atom. The second-order valence-corrected chi connectivity index (χ2v) is 27.9. The molecule has 0 aromatic carbocycles. The third-order valence-corrected chi connectivity index (χ3v) is 18.7. The number of esters is 2. The lowest BCUT2D eigenvalue weighted by molar-refractivity contribution is -0.390. The van der Waals surface area contributed by atoms with E-state index in [0.717, 1.165) is 83.5 Å². The van der Waals surface area contributed by atoms with Crippen LogP contribution in [0.25, 0.3) is 0 Å². The molecule has 0 bridgehead atoms. The van der Waals surface area contributed by atoms with Crippen LogP contribution in [0.1, 0.15) is 227 Å². The number of carbonyl (C=O) groups excluding carboxylic acids is 4. The zero-order chi connectivity index (χ0) is 70.5. The Labute approximate surface area is 571 Å². The molecule has 3 aliphatic rings. The maximum Gasteiger partial charge on any atom is 0.327 e. The molecule has 0 aromatic heterocycles. The van der Waals surface area contributed by atoms with Crippen LogP contribution in [0.5, 0.6) is 0 Å². The summed E-state index contributed by atoms with van der Waals surface area (Å²) in [4.78, 5) is 52.4. The number of hydrogen-bond donors (Lipinski definition) is 11. The first kappa shape index (κ1) is 87.1. The Kier molecular flexibility index (Phi) is 47.2. The summed E-state index contributed by atoms with van der Waals surface area (Å²) in [6.45, 7) is 6.77. The summed E-state index contributed by atoms with van der Waals surface area (Å²) in [6.07, 6.45) is 11.2. The topological polar surface area (TPSA) is 384 Å². The van der Waals surface area contributed by atoms with Gasteiger partial charge in [0.25, 0.3) is 0 Å². The molecule has 0 aliphatic carbocycles. The molecule has 27 heteroatoms. The quantitative estimate of drug-likeness (QED) is 0.0128. The minimum atomic E-state index is -3.77. The fraction of sp³-hybridized carbons (Fsp3) is 0.884. The van der Waals surface area contributed by atoms with Gasteiger partial charge in [0.15, 0.2) is 25.0 Å². The van der Waals surface area contributed by atoms with Crippen LogP contribution in [-0.4, -0.2) is 227 Å². The molecule has 0 radical (unpaired) electrons. The molecule has 3 heterocycles. The number of hydrogen-bond acceptors (Lipinski definition) is 24. The molecule has 560 valence electrons. The third-order valence-electron chi connectivity index (χ3n) is 17.4. The molecule has 3 aliphatic heterocycles. The van der Waals surface area contributed by atoms with Crippen LogP contribution in [0, 0.1) is 5.92 Å². The summed E-state index contributed by atoms with van der Waals surface area (Å²) >= 11 is 0. The first-order valence-corrected chi connectivity index (χ1v) is 38.2. The molecule has 9 unspecified atom stereocenters. The van der Waals surface area contributed by atoms with Crippen LogP contribution in [0.3, 0.4) is 0 Å². The van der Waals surface area contributed by atoms with E-state index in [9.17, 15) is 69.7 Å². The standard InChI is InChI=1S/C69H125N2O24P/c1-6-9-12-15-17-19-20-21-22-23-24-25-27-29-32-40-56(76)91-51(47-87-66(84)50(36-30-14-11-8-3)37-31-28-26-18-16-13-10-7-2)48-89-96(5,85)88-44-42-71-55(75)39-34-33-38-54(74)70-41-35-43-86-69-65(95-67-62(82)60(80)57(77)49(4)90-67)64(59(79)53(46-73)93-69)94-68-63(83)61(81)58(78)52(45-72)92-68/h21-22,31,37,49-53,57-65,67-69,72-73,77-83H,6-20,23-30,32-36,38-48H2,1-5H3,(H,70,74)(H,71,75)/b22-21-,37-31+/t49?,50?,51-,52?,53?,57-,58+,59+,60+,61+,62?,63?,64+,65?,67+,68?,69-,96?/m1/s1. The van der Waals surface area contributed by atoms with E-state index < -0.39 is 137 Å². The average Bonchev–Trinajstić information content (AvgIpc) is 0.779. The Hall–Kier alpha value is -3.09. The molecule has 18 atom stereocenters. The fourth-order valence-electron chi connectivity index (χ4n) is 11.4. The van der Waals surface area contributed by atoms with Crippen molar-refractivity contribution in [2.45, 2.75) is 325 Å². The van der Waals surface area contributed by atoms with Gasteiger partial charge in [-0.3, -0.25) is 23.7 Å². The Balaban J connectivity index is 1.46. The lowest BCUT2D eigenvalue weighted by atomic mass is 9.96. The summed E-state index contributed by atoms with van der Waals surface area (Å²) in [5, 5.41) is 99.8. The van der Waals surface area contributed by atoms with Gasteiger partial charge in [-0.25, -0.2) is 0 Å². The zero-order valence-corrected chi connectivity index (χ0v) is 59.2. The third kappa shape index (κ3) is 35.5. The van der Waals surface area contributed by atoms with Crippen molar-refractivity contribution in [3.63, 3.8) is 0 Å². The zero-order valence-electron chi connectivity index (χ0n) is 58.3. The largest absolute Gasteiger partial charge is 0.461 e. The van der Waals surface area contributed by atoms with Gasteiger partial charge in [-0.15, -0.1) is 0 Å².